The molecule has 1 aliphatic heterocycles. The smallest absolute Gasteiger partial charge is 0.0705 e. The first-order valence-electron chi connectivity index (χ1n) is 8.66. The third-order valence-corrected chi connectivity index (χ3v) is 5.48. The molecule has 0 atom stereocenters. The van der Waals surface area contributed by atoms with Gasteiger partial charge in [0, 0.05) is 37.1 Å². The molecule has 0 unspecified atom stereocenters. The minimum absolute atomic E-state index is 0.379. The van der Waals surface area contributed by atoms with E-state index in [1.54, 1.807) is 0 Å². The zero-order valence-corrected chi connectivity index (χ0v) is 13.2. The summed E-state index contributed by atoms with van der Waals surface area (Å²) in [4.78, 5) is 7.59. The molecule has 1 aromatic carbocycles. The standard InChI is InChI=1S/C19H25N3/c1-4-10-19(11-5-1)15-20-12-13-22(19)14-17-9-8-16-6-2-3-7-18(16)21-17/h2-3,6-9,20H,1,4-5,10-15H2. The highest BCUT2D eigenvalue weighted by atomic mass is 15.3. The largest absolute Gasteiger partial charge is 0.314 e. The summed E-state index contributed by atoms with van der Waals surface area (Å²) in [6, 6.07) is 12.8. The van der Waals surface area contributed by atoms with E-state index in [9.17, 15) is 0 Å². The molecule has 116 valence electrons. The van der Waals surface area contributed by atoms with Crippen molar-refractivity contribution in [2.75, 3.05) is 19.6 Å². The van der Waals surface area contributed by atoms with Crippen LogP contribution in [0.15, 0.2) is 36.4 Å². The van der Waals surface area contributed by atoms with E-state index in [4.69, 9.17) is 4.98 Å². The first-order valence-corrected chi connectivity index (χ1v) is 8.66. The number of para-hydroxylation sites is 1. The molecule has 2 aliphatic rings. The number of hydrogen-bond donors (Lipinski definition) is 1. The first-order chi connectivity index (χ1) is 10.9. The molecule has 1 spiro atoms. The topological polar surface area (TPSA) is 28.2 Å². The molecule has 1 aliphatic carbocycles. The van der Waals surface area contributed by atoms with E-state index in [1.165, 1.54) is 43.2 Å². The SMILES string of the molecule is c1ccc2nc(CN3CCNCC34CCCCC4)ccc2c1. The fourth-order valence-electron chi connectivity index (χ4n) is 4.23. The molecule has 1 N–H and O–H groups in total. The van der Waals surface area contributed by atoms with Crippen LogP contribution in [0.1, 0.15) is 37.8 Å². The van der Waals surface area contributed by atoms with E-state index in [0.717, 1.165) is 31.7 Å². The van der Waals surface area contributed by atoms with Gasteiger partial charge in [-0.1, -0.05) is 43.5 Å². The van der Waals surface area contributed by atoms with E-state index in [0.29, 0.717) is 5.54 Å². The molecule has 2 aromatic rings. The molecule has 0 radical (unpaired) electrons. The maximum Gasteiger partial charge on any atom is 0.0705 e. The van der Waals surface area contributed by atoms with Crippen molar-refractivity contribution in [1.82, 2.24) is 15.2 Å². The fourth-order valence-corrected chi connectivity index (χ4v) is 4.23. The number of hydrogen-bond acceptors (Lipinski definition) is 3. The second-order valence-corrected chi connectivity index (χ2v) is 6.88. The molecule has 2 heterocycles. The predicted molar refractivity (Wildman–Crippen MR) is 90.8 cm³/mol. The maximum atomic E-state index is 4.89. The van der Waals surface area contributed by atoms with Gasteiger partial charge in [-0.05, 0) is 25.0 Å². The summed E-state index contributed by atoms with van der Waals surface area (Å²) in [7, 11) is 0. The Kier molecular flexibility index (Phi) is 3.85. The Bertz CT molecular complexity index is 638. The highest BCUT2D eigenvalue weighted by Gasteiger charge is 2.39. The van der Waals surface area contributed by atoms with E-state index >= 15 is 0 Å². The van der Waals surface area contributed by atoms with Gasteiger partial charge in [0.2, 0.25) is 0 Å². The second-order valence-electron chi connectivity index (χ2n) is 6.88. The van der Waals surface area contributed by atoms with Crippen LogP contribution in [0.3, 0.4) is 0 Å². The van der Waals surface area contributed by atoms with Gasteiger partial charge in [0.1, 0.15) is 0 Å². The van der Waals surface area contributed by atoms with Crippen molar-refractivity contribution in [3.8, 4) is 0 Å². The fraction of sp³-hybridized carbons (Fsp3) is 0.526. The Morgan fingerprint density at radius 1 is 1.05 bits per heavy atom. The summed E-state index contributed by atoms with van der Waals surface area (Å²) in [5.41, 5.74) is 2.71. The van der Waals surface area contributed by atoms with Gasteiger partial charge in [0.25, 0.3) is 0 Å². The van der Waals surface area contributed by atoms with Crippen molar-refractivity contribution < 1.29 is 0 Å². The Morgan fingerprint density at radius 2 is 1.91 bits per heavy atom. The number of rotatable bonds is 2. The predicted octanol–water partition coefficient (Wildman–Crippen LogP) is 3.34. The van der Waals surface area contributed by atoms with Crippen molar-refractivity contribution in [2.45, 2.75) is 44.2 Å². The lowest BCUT2D eigenvalue weighted by molar-refractivity contribution is 0.0200. The zero-order valence-electron chi connectivity index (χ0n) is 13.2. The Morgan fingerprint density at radius 3 is 2.82 bits per heavy atom. The van der Waals surface area contributed by atoms with Crippen LogP contribution in [0.5, 0.6) is 0 Å². The van der Waals surface area contributed by atoms with E-state index < -0.39 is 0 Å². The van der Waals surface area contributed by atoms with Crippen molar-refractivity contribution in [3.63, 3.8) is 0 Å². The van der Waals surface area contributed by atoms with Crippen molar-refractivity contribution >= 4 is 10.9 Å². The quantitative estimate of drug-likeness (QED) is 0.921. The molecular weight excluding hydrogens is 270 g/mol. The number of benzene rings is 1. The van der Waals surface area contributed by atoms with E-state index in [2.05, 4.69) is 46.6 Å². The lowest BCUT2D eigenvalue weighted by Gasteiger charge is -2.49. The van der Waals surface area contributed by atoms with Crippen LogP contribution < -0.4 is 5.32 Å². The van der Waals surface area contributed by atoms with Gasteiger partial charge in [-0.15, -0.1) is 0 Å². The molecule has 3 nitrogen and oxygen atoms in total. The number of pyridine rings is 1. The molecule has 1 aromatic heterocycles. The first kappa shape index (κ1) is 14.2. The number of nitrogens with one attached hydrogen (secondary N) is 1. The number of piperazine rings is 1. The Labute approximate surface area is 132 Å². The van der Waals surface area contributed by atoms with E-state index in [1.807, 2.05) is 0 Å². The molecule has 0 amide bonds. The van der Waals surface area contributed by atoms with Crippen LogP contribution in [0.4, 0.5) is 0 Å². The lowest BCUT2D eigenvalue weighted by Crippen LogP contribution is -2.61. The van der Waals surface area contributed by atoms with Crippen LogP contribution in [0.2, 0.25) is 0 Å². The van der Waals surface area contributed by atoms with Gasteiger partial charge in [-0.2, -0.15) is 0 Å². The third-order valence-electron chi connectivity index (χ3n) is 5.48. The third kappa shape index (κ3) is 2.64. The highest BCUT2D eigenvalue weighted by molar-refractivity contribution is 5.78. The summed E-state index contributed by atoms with van der Waals surface area (Å²) in [5, 5.41) is 4.86. The van der Waals surface area contributed by atoms with Gasteiger partial charge >= 0.3 is 0 Å². The van der Waals surface area contributed by atoms with Crippen LogP contribution in [-0.4, -0.2) is 35.1 Å². The monoisotopic (exact) mass is 295 g/mol. The molecule has 2 fully saturated rings. The minimum Gasteiger partial charge on any atom is -0.314 e. The Balaban J connectivity index is 1.59. The van der Waals surface area contributed by atoms with Gasteiger partial charge < -0.3 is 5.32 Å². The lowest BCUT2D eigenvalue weighted by atomic mass is 9.79. The highest BCUT2D eigenvalue weighted by Crippen LogP contribution is 2.35. The normalized spacial score (nSPS) is 22.2. The molecule has 3 heteroatoms. The number of nitrogens with zero attached hydrogens (tertiary/aromatic N) is 2. The van der Waals surface area contributed by atoms with Crippen molar-refractivity contribution in [1.29, 1.82) is 0 Å². The average Bonchev–Trinajstić information content (AvgIpc) is 2.58. The molecular formula is C19H25N3. The van der Waals surface area contributed by atoms with Gasteiger partial charge in [0.15, 0.2) is 0 Å². The molecule has 22 heavy (non-hydrogen) atoms. The zero-order chi connectivity index (χ0) is 14.8. The molecule has 0 bridgehead atoms. The summed E-state index contributed by atoms with van der Waals surface area (Å²) < 4.78 is 0. The van der Waals surface area contributed by atoms with Crippen LogP contribution >= 0.6 is 0 Å². The minimum atomic E-state index is 0.379. The summed E-state index contributed by atoms with van der Waals surface area (Å²) in [6.45, 7) is 4.40. The number of aromatic nitrogens is 1. The van der Waals surface area contributed by atoms with Crippen LogP contribution in [0, 0.1) is 0 Å². The molecule has 1 saturated heterocycles. The maximum absolute atomic E-state index is 4.89. The van der Waals surface area contributed by atoms with Gasteiger partial charge in [-0.25, -0.2) is 0 Å². The summed E-state index contributed by atoms with van der Waals surface area (Å²) >= 11 is 0. The van der Waals surface area contributed by atoms with Gasteiger partial charge in [0.05, 0.1) is 11.2 Å². The molecule has 1 saturated carbocycles. The summed E-state index contributed by atoms with van der Waals surface area (Å²) in [5.74, 6) is 0. The van der Waals surface area contributed by atoms with Gasteiger partial charge in [-0.3, -0.25) is 9.88 Å². The second kappa shape index (κ2) is 5.98. The van der Waals surface area contributed by atoms with Crippen LogP contribution in [-0.2, 0) is 6.54 Å². The van der Waals surface area contributed by atoms with Crippen molar-refractivity contribution in [3.05, 3.63) is 42.1 Å². The van der Waals surface area contributed by atoms with Crippen LogP contribution in [0.25, 0.3) is 10.9 Å². The molecule has 4 rings (SSSR count). The van der Waals surface area contributed by atoms with Crippen molar-refractivity contribution in [2.24, 2.45) is 0 Å². The Hall–Kier alpha value is -1.45. The summed E-state index contributed by atoms with van der Waals surface area (Å²) in [6.07, 6.45) is 6.84. The van der Waals surface area contributed by atoms with E-state index in [-0.39, 0.29) is 0 Å². The number of fused-ring (bicyclic) bond motifs is 1. The average molecular weight is 295 g/mol.